The molecule has 0 spiro atoms. The third kappa shape index (κ3) is 1.63. The van der Waals surface area contributed by atoms with Crippen LogP contribution < -0.4 is 0 Å². The van der Waals surface area contributed by atoms with E-state index in [4.69, 9.17) is 4.74 Å². The second-order valence-electron chi connectivity index (χ2n) is 3.33. The Kier molecular flexibility index (Phi) is 2.21. The third-order valence-electron chi connectivity index (χ3n) is 2.11. The molecule has 0 aromatic rings. The molecule has 0 bridgehead atoms. The number of ketones is 1. The van der Waals surface area contributed by atoms with E-state index in [0.717, 1.165) is 0 Å². The van der Waals surface area contributed by atoms with Gasteiger partial charge in [0.05, 0.1) is 0 Å². The second-order valence-corrected chi connectivity index (χ2v) is 3.33. The van der Waals surface area contributed by atoms with Gasteiger partial charge in [-0.15, -0.1) is 0 Å². The zero-order valence-electron chi connectivity index (χ0n) is 7.19. The van der Waals surface area contributed by atoms with Crippen molar-refractivity contribution in [2.45, 2.75) is 38.2 Å². The Morgan fingerprint density at radius 1 is 1.58 bits per heavy atom. The van der Waals surface area contributed by atoms with Gasteiger partial charge in [0.1, 0.15) is 12.2 Å². The summed E-state index contributed by atoms with van der Waals surface area (Å²) in [5.74, 6) is -3.08. The summed E-state index contributed by atoms with van der Waals surface area (Å²) in [5.41, 5.74) is -1.25. The maximum atomic E-state index is 12.7. The molecule has 2 nitrogen and oxygen atoms in total. The number of ether oxygens (including phenoxy) is 1. The Hall–Kier alpha value is -0.510. The van der Waals surface area contributed by atoms with E-state index in [-0.39, 0.29) is 12.2 Å². The minimum atomic E-state index is -2.83. The molecule has 1 atom stereocenters. The van der Waals surface area contributed by atoms with Crippen LogP contribution >= 0.6 is 0 Å². The van der Waals surface area contributed by atoms with Crippen molar-refractivity contribution in [2.75, 3.05) is 6.61 Å². The molecule has 1 aliphatic rings. The van der Waals surface area contributed by atoms with Gasteiger partial charge in [-0.25, -0.2) is 8.78 Å². The smallest absolute Gasteiger partial charge is 0.274 e. The van der Waals surface area contributed by atoms with Crippen molar-refractivity contribution in [1.82, 2.24) is 0 Å². The van der Waals surface area contributed by atoms with Gasteiger partial charge < -0.3 is 4.74 Å². The third-order valence-corrected chi connectivity index (χ3v) is 2.11. The summed E-state index contributed by atoms with van der Waals surface area (Å²) < 4.78 is 30.1. The van der Waals surface area contributed by atoms with Crippen LogP contribution in [0.5, 0.6) is 0 Å². The van der Waals surface area contributed by atoms with Gasteiger partial charge in [0.2, 0.25) is 0 Å². The Morgan fingerprint density at radius 2 is 2.17 bits per heavy atom. The molecular formula is C8H12F2O2. The number of carbonyl (C=O) groups excluding carboxylic acids is 1. The molecule has 1 aliphatic heterocycles. The van der Waals surface area contributed by atoms with Gasteiger partial charge in [-0.05, 0) is 6.92 Å². The van der Waals surface area contributed by atoms with Crippen molar-refractivity contribution in [1.29, 1.82) is 0 Å². The number of rotatable bonds is 2. The van der Waals surface area contributed by atoms with Crippen molar-refractivity contribution >= 4 is 5.78 Å². The van der Waals surface area contributed by atoms with Crippen molar-refractivity contribution in [3.05, 3.63) is 0 Å². The molecular weight excluding hydrogens is 166 g/mol. The van der Waals surface area contributed by atoms with E-state index in [2.05, 4.69) is 0 Å². The number of alkyl halides is 2. The summed E-state index contributed by atoms with van der Waals surface area (Å²) in [6, 6.07) is 0. The summed E-state index contributed by atoms with van der Waals surface area (Å²) in [6.45, 7) is 2.45. The van der Waals surface area contributed by atoms with Crippen LogP contribution in [0.15, 0.2) is 0 Å². The van der Waals surface area contributed by atoms with Crippen LogP contribution in [0.1, 0.15) is 26.7 Å². The van der Waals surface area contributed by atoms with E-state index in [1.54, 1.807) is 6.92 Å². The average molecular weight is 178 g/mol. The Morgan fingerprint density at radius 3 is 2.50 bits per heavy atom. The summed E-state index contributed by atoms with van der Waals surface area (Å²) >= 11 is 0. The molecule has 0 radical (unpaired) electrons. The topological polar surface area (TPSA) is 26.3 Å². The Balaban J connectivity index is 2.71. The van der Waals surface area contributed by atoms with E-state index in [9.17, 15) is 13.6 Å². The average Bonchev–Trinajstić information content (AvgIpc) is 2.25. The minimum Gasteiger partial charge on any atom is -0.361 e. The van der Waals surface area contributed by atoms with Crippen LogP contribution in [0.3, 0.4) is 0 Å². The first kappa shape index (κ1) is 9.58. The maximum absolute atomic E-state index is 12.7. The predicted octanol–water partition coefficient (Wildman–Crippen LogP) is 1.78. The minimum absolute atomic E-state index is 0.243. The van der Waals surface area contributed by atoms with E-state index in [1.807, 2.05) is 0 Å². The number of carbonyl (C=O) groups is 1. The maximum Gasteiger partial charge on any atom is 0.274 e. The van der Waals surface area contributed by atoms with Crippen molar-refractivity contribution < 1.29 is 18.3 Å². The molecule has 1 rings (SSSR count). The van der Waals surface area contributed by atoms with Crippen LogP contribution in [0.2, 0.25) is 0 Å². The van der Waals surface area contributed by atoms with E-state index in [1.165, 1.54) is 6.92 Å². The van der Waals surface area contributed by atoms with Gasteiger partial charge in [-0.2, -0.15) is 0 Å². The molecule has 1 saturated heterocycles. The lowest BCUT2D eigenvalue weighted by molar-refractivity contribution is -0.136. The lowest BCUT2D eigenvalue weighted by Gasteiger charge is -2.19. The fourth-order valence-electron chi connectivity index (χ4n) is 1.41. The molecule has 0 saturated carbocycles. The van der Waals surface area contributed by atoms with Crippen LogP contribution in [0.25, 0.3) is 0 Å². The Labute approximate surface area is 69.9 Å². The van der Waals surface area contributed by atoms with Gasteiger partial charge in [0.15, 0.2) is 5.78 Å². The van der Waals surface area contributed by atoms with Crippen LogP contribution in [0, 0.1) is 0 Å². The molecule has 12 heavy (non-hydrogen) atoms. The molecule has 0 aliphatic carbocycles. The molecule has 0 N–H and O–H groups in total. The quantitative estimate of drug-likeness (QED) is 0.644. The number of hydrogen-bond donors (Lipinski definition) is 0. The van der Waals surface area contributed by atoms with Gasteiger partial charge >= 0.3 is 0 Å². The fraction of sp³-hybridized carbons (Fsp3) is 0.875. The van der Waals surface area contributed by atoms with Gasteiger partial charge in [0, 0.05) is 12.8 Å². The molecule has 70 valence electrons. The fourth-order valence-corrected chi connectivity index (χ4v) is 1.41. The van der Waals surface area contributed by atoms with Gasteiger partial charge in [-0.3, -0.25) is 4.79 Å². The monoisotopic (exact) mass is 178 g/mol. The summed E-state index contributed by atoms with van der Waals surface area (Å²) in [6.07, 6.45) is -0.237. The SMILES string of the molecule is CCC(=O)C1(C)CC(F)(F)CO1. The zero-order valence-corrected chi connectivity index (χ0v) is 7.19. The van der Waals surface area contributed by atoms with E-state index in [0.29, 0.717) is 0 Å². The van der Waals surface area contributed by atoms with Crippen LogP contribution in [0.4, 0.5) is 8.78 Å². The first-order chi connectivity index (χ1) is 5.40. The highest BCUT2D eigenvalue weighted by atomic mass is 19.3. The summed E-state index contributed by atoms with van der Waals surface area (Å²) in [4.78, 5) is 11.2. The van der Waals surface area contributed by atoms with E-state index < -0.39 is 24.6 Å². The molecule has 4 heteroatoms. The van der Waals surface area contributed by atoms with Crippen molar-refractivity contribution in [2.24, 2.45) is 0 Å². The Bertz CT molecular complexity index is 203. The number of Topliss-reactive ketones (excluding diaryl/α,β-unsaturated/α-hetero) is 1. The summed E-state index contributed by atoms with van der Waals surface area (Å²) in [5, 5.41) is 0. The van der Waals surface area contributed by atoms with Crippen LogP contribution in [-0.2, 0) is 9.53 Å². The highest BCUT2D eigenvalue weighted by Gasteiger charge is 2.51. The first-order valence-electron chi connectivity index (χ1n) is 3.95. The zero-order chi connectivity index (χ0) is 9.41. The van der Waals surface area contributed by atoms with Crippen molar-refractivity contribution in [3.8, 4) is 0 Å². The molecule has 1 heterocycles. The molecule has 0 aromatic carbocycles. The lowest BCUT2D eigenvalue weighted by atomic mass is 9.94. The molecule has 1 fully saturated rings. The van der Waals surface area contributed by atoms with E-state index >= 15 is 0 Å². The number of halogens is 2. The standard InChI is InChI=1S/C8H12F2O2/c1-3-6(11)7(2)4-8(9,10)5-12-7/h3-5H2,1-2H3. The molecule has 1 unspecified atom stereocenters. The normalized spacial score (nSPS) is 33.7. The van der Waals surface area contributed by atoms with Gasteiger partial charge in [0.25, 0.3) is 5.92 Å². The molecule has 0 aromatic heterocycles. The van der Waals surface area contributed by atoms with Gasteiger partial charge in [-0.1, -0.05) is 6.92 Å². The first-order valence-corrected chi connectivity index (χ1v) is 3.95. The predicted molar refractivity (Wildman–Crippen MR) is 39.2 cm³/mol. The molecule has 0 amide bonds. The van der Waals surface area contributed by atoms with Crippen molar-refractivity contribution in [3.63, 3.8) is 0 Å². The largest absolute Gasteiger partial charge is 0.361 e. The number of hydrogen-bond acceptors (Lipinski definition) is 2. The lowest BCUT2D eigenvalue weighted by Crippen LogP contribution is -2.34. The highest BCUT2D eigenvalue weighted by Crippen LogP contribution is 2.37. The van der Waals surface area contributed by atoms with Crippen LogP contribution in [-0.4, -0.2) is 23.9 Å². The second kappa shape index (κ2) is 2.76. The highest BCUT2D eigenvalue weighted by molar-refractivity contribution is 5.87. The summed E-state index contributed by atoms with van der Waals surface area (Å²) in [7, 11) is 0.